The Morgan fingerprint density at radius 3 is 2.45 bits per heavy atom. The van der Waals surface area contributed by atoms with Crippen LogP contribution in [0.15, 0.2) is 29.2 Å². The average Bonchev–Trinajstić information content (AvgIpc) is 2.54. The van der Waals surface area contributed by atoms with Gasteiger partial charge in [0.1, 0.15) is 0 Å². The fourth-order valence-corrected chi connectivity index (χ4v) is 3.80. The van der Waals surface area contributed by atoms with E-state index in [0.29, 0.717) is 18.7 Å². The Morgan fingerprint density at radius 2 is 1.91 bits per heavy atom. The number of carbonyl (C=O) groups excluding carboxylic acids is 1. The van der Waals surface area contributed by atoms with Gasteiger partial charge >= 0.3 is 0 Å². The molecule has 1 aromatic rings. The molecule has 0 saturated carbocycles. The molecule has 1 amide bonds. The molecule has 1 aliphatic rings. The molecule has 1 heterocycles. The molecule has 1 fully saturated rings. The van der Waals surface area contributed by atoms with E-state index in [0.717, 1.165) is 19.3 Å². The Hall–Kier alpha value is -1.40. The van der Waals surface area contributed by atoms with E-state index in [2.05, 4.69) is 0 Å². The number of likely N-dealkylation sites (tertiary alicyclic amines) is 1. The third-order valence-electron chi connectivity index (χ3n) is 4.21. The largest absolute Gasteiger partial charge is 0.334 e. The van der Waals surface area contributed by atoms with Gasteiger partial charge in [0.15, 0.2) is 9.84 Å². The van der Waals surface area contributed by atoms with Gasteiger partial charge in [-0.15, -0.1) is 0 Å². The molecule has 0 spiro atoms. The van der Waals surface area contributed by atoms with Gasteiger partial charge in [-0.1, -0.05) is 0 Å². The molecule has 1 saturated heterocycles. The van der Waals surface area contributed by atoms with Crippen molar-refractivity contribution in [3.63, 3.8) is 0 Å². The second-order valence-electron chi connectivity index (χ2n) is 6.00. The van der Waals surface area contributed by atoms with Crippen LogP contribution in [0.1, 0.15) is 43.5 Å². The van der Waals surface area contributed by atoms with Crippen molar-refractivity contribution in [1.82, 2.24) is 4.90 Å². The molecule has 22 heavy (non-hydrogen) atoms. The fourth-order valence-electron chi connectivity index (χ4n) is 2.74. The van der Waals surface area contributed by atoms with Crippen LogP contribution >= 0.6 is 0 Å². The zero-order chi connectivity index (χ0) is 16.3. The number of piperidine rings is 1. The summed E-state index contributed by atoms with van der Waals surface area (Å²) in [6, 6.07) is 6.31. The van der Waals surface area contributed by atoms with E-state index in [4.69, 9.17) is 5.73 Å². The first-order valence-corrected chi connectivity index (χ1v) is 9.27. The molecule has 0 aliphatic carbocycles. The summed E-state index contributed by atoms with van der Waals surface area (Å²) in [6.45, 7) is 4.47. The molecule has 2 N–H and O–H groups in total. The van der Waals surface area contributed by atoms with Crippen LogP contribution in [-0.4, -0.2) is 43.6 Å². The third kappa shape index (κ3) is 3.33. The highest BCUT2D eigenvalue weighted by Gasteiger charge is 2.27. The van der Waals surface area contributed by atoms with E-state index < -0.39 is 15.1 Å². The van der Waals surface area contributed by atoms with Crippen molar-refractivity contribution in [2.45, 2.75) is 49.3 Å². The zero-order valence-electron chi connectivity index (χ0n) is 13.2. The molecule has 122 valence electrons. The predicted molar refractivity (Wildman–Crippen MR) is 86.5 cm³/mol. The van der Waals surface area contributed by atoms with Crippen molar-refractivity contribution in [2.24, 2.45) is 5.73 Å². The molecule has 6 heteroatoms. The van der Waals surface area contributed by atoms with Gasteiger partial charge in [0.05, 0.1) is 10.1 Å². The Kier molecular flexibility index (Phi) is 5.24. The summed E-state index contributed by atoms with van der Waals surface area (Å²) in [4.78, 5) is 14.7. The molecular weight excluding hydrogens is 300 g/mol. The fraction of sp³-hybridized carbons (Fsp3) is 0.562. The Labute approximate surface area is 132 Å². The Balaban J connectivity index is 2.21. The Morgan fingerprint density at radius 1 is 1.27 bits per heavy atom. The molecule has 1 atom stereocenters. The highest BCUT2D eigenvalue weighted by Crippen LogP contribution is 2.21. The number of amides is 1. The smallest absolute Gasteiger partial charge is 0.254 e. The maximum atomic E-state index is 12.6. The minimum absolute atomic E-state index is 0.0661. The number of hydrogen-bond acceptors (Lipinski definition) is 4. The monoisotopic (exact) mass is 324 g/mol. The summed E-state index contributed by atoms with van der Waals surface area (Å²) in [5.41, 5.74) is 6.27. The van der Waals surface area contributed by atoms with E-state index in [1.54, 1.807) is 26.0 Å². The quantitative estimate of drug-likeness (QED) is 0.916. The van der Waals surface area contributed by atoms with Gasteiger partial charge in [-0.05, 0) is 57.4 Å². The summed E-state index contributed by atoms with van der Waals surface area (Å²) in [7, 11) is -3.30. The van der Waals surface area contributed by atoms with E-state index in [-0.39, 0.29) is 16.8 Å². The molecule has 0 bridgehead atoms. The maximum absolute atomic E-state index is 12.6. The first-order valence-electron chi connectivity index (χ1n) is 7.73. The number of benzene rings is 1. The van der Waals surface area contributed by atoms with Crippen molar-refractivity contribution >= 4 is 15.7 Å². The predicted octanol–water partition coefficient (Wildman–Crippen LogP) is 1.82. The van der Waals surface area contributed by atoms with Crippen molar-refractivity contribution in [3.8, 4) is 0 Å². The lowest BCUT2D eigenvalue weighted by Crippen LogP contribution is -2.47. The van der Waals surface area contributed by atoms with E-state index in [1.807, 2.05) is 4.90 Å². The van der Waals surface area contributed by atoms with Gasteiger partial charge in [-0.2, -0.15) is 0 Å². The normalized spacial score (nSPS) is 19.5. The molecular formula is C16H24N2O3S. The molecule has 5 nitrogen and oxygen atoms in total. The highest BCUT2D eigenvalue weighted by molar-refractivity contribution is 7.92. The van der Waals surface area contributed by atoms with Gasteiger partial charge in [-0.25, -0.2) is 8.42 Å². The lowest BCUT2D eigenvalue weighted by atomic mass is 10.0. The van der Waals surface area contributed by atoms with Crippen molar-refractivity contribution in [1.29, 1.82) is 0 Å². The van der Waals surface area contributed by atoms with E-state index in [1.165, 1.54) is 12.1 Å². The van der Waals surface area contributed by atoms with Crippen LogP contribution in [0, 0.1) is 0 Å². The van der Waals surface area contributed by atoms with Gasteiger partial charge in [0, 0.05) is 24.7 Å². The lowest BCUT2D eigenvalue weighted by Gasteiger charge is -2.35. The number of nitrogens with zero attached hydrogens (tertiary/aromatic N) is 1. The van der Waals surface area contributed by atoms with Gasteiger partial charge in [0.2, 0.25) is 0 Å². The minimum Gasteiger partial charge on any atom is -0.334 e. The van der Waals surface area contributed by atoms with E-state index in [9.17, 15) is 13.2 Å². The summed E-state index contributed by atoms with van der Waals surface area (Å²) in [6.07, 6.45) is 3.02. The van der Waals surface area contributed by atoms with Crippen LogP contribution in [0.25, 0.3) is 0 Å². The molecule has 1 aliphatic heterocycles. The zero-order valence-corrected chi connectivity index (χ0v) is 14.0. The van der Waals surface area contributed by atoms with E-state index >= 15 is 0 Å². The Bertz CT molecular complexity index is 623. The summed E-state index contributed by atoms with van der Waals surface area (Å²) < 4.78 is 24.2. The number of sulfone groups is 1. The SMILES string of the molecule is CC(C)S(=O)(=O)c1ccc(C(=O)N2CCCCC2CN)cc1. The van der Waals surface area contributed by atoms with Crippen molar-refractivity contribution in [3.05, 3.63) is 29.8 Å². The second-order valence-corrected chi connectivity index (χ2v) is 8.51. The summed E-state index contributed by atoms with van der Waals surface area (Å²) >= 11 is 0. The van der Waals surface area contributed by atoms with Crippen LogP contribution in [-0.2, 0) is 9.84 Å². The third-order valence-corrected chi connectivity index (χ3v) is 6.38. The topological polar surface area (TPSA) is 80.5 Å². The standard InChI is InChI=1S/C16H24N2O3S/c1-12(2)22(20,21)15-8-6-13(7-9-15)16(19)18-10-4-3-5-14(18)11-17/h6-9,12,14H,3-5,10-11,17H2,1-2H3. The molecule has 1 aromatic carbocycles. The number of rotatable bonds is 4. The summed E-state index contributed by atoms with van der Waals surface area (Å²) in [5.74, 6) is -0.0661. The highest BCUT2D eigenvalue weighted by atomic mass is 32.2. The first-order chi connectivity index (χ1) is 10.4. The molecule has 2 rings (SSSR count). The van der Waals surface area contributed by atoms with Gasteiger partial charge in [-0.3, -0.25) is 4.79 Å². The second kappa shape index (κ2) is 6.79. The molecule has 0 radical (unpaired) electrons. The average molecular weight is 324 g/mol. The summed E-state index contributed by atoms with van der Waals surface area (Å²) in [5, 5.41) is -0.474. The maximum Gasteiger partial charge on any atom is 0.254 e. The molecule has 1 unspecified atom stereocenters. The van der Waals surface area contributed by atoms with Crippen LogP contribution in [0.2, 0.25) is 0 Å². The van der Waals surface area contributed by atoms with Crippen LogP contribution < -0.4 is 5.73 Å². The van der Waals surface area contributed by atoms with Crippen LogP contribution in [0.4, 0.5) is 0 Å². The lowest BCUT2D eigenvalue weighted by molar-refractivity contribution is 0.0623. The molecule has 0 aromatic heterocycles. The van der Waals surface area contributed by atoms with Gasteiger partial charge in [0.25, 0.3) is 5.91 Å². The number of carbonyl (C=O) groups is 1. The van der Waals surface area contributed by atoms with Crippen LogP contribution in [0.5, 0.6) is 0 Å². The number of hydrogen-bond donors (Lipinski definition) is 1. The van der Waals surface area contributed by atoms with Crippen molar-refractivity contribution < 1.29 is 13.2 Å². The number of nitrogens with two attached hydrogens (primary N) is 1. The first kappa shape index (κ1) is 17.0. The van der Waals surface area contributed by atoms with Gasteiger partial charge < -0.3 is 10.6 Å². The minimum atomic E-state index is -3.30. The van der Waals surface area contributed by atoms with Crippen molar-refractivity contribution in [2.75, 3.05) is 13.1 Å². The van der Waals surface area contributed by atoms with Crippen LogP contribution in [0.3, 0.4) is 0 Å².